The third-order valence-electron chi connectivity index (χ3n) is 3.83. The van der Waals surface area contributed by atoms with E-state index in [0.29, 0.717) is 0 Å². The Morgan fingerprint density at radius 3 is 2.81 bits per heavy atom. The van der Waals surface area contributed by atoms with E-state index in [0.717, 1.165) is 24.3 Å². The molecule has 1 atom stereocenters. The molecular weight excluding hydrogens is 306 g/mol. The number of thiophene rings is 1. The molecule has 0 saturated heterocycles. The molecule has 1 aromatic heterocycles. The second-order valence-electron chi connectivity index (χ2n) is 4.95. The first kappa shape index (κ1) is 14.4. The standard InChI is InChI=1S/C16H16ClNO2S/c1-20-12-4-2-11(3-5-12)16-13-7-9-21-14(13)6-8-18(16)15(19)10-17/h2-5,7,9,16H,6,8,10H2,1H3. The minimum atomic E-state index is -0.0443. The molecule has 2 aromatic rings. The Kier molecular flexibility index (Phi) is 4.17. The lowest BCUT2D eigenvalue weighted by atomic mass is 9.93. The van der Waals surface area contributed by atoms with Crippen LogP contribution in [-0.2, 0) is 11.2 Å². The molecule has 2 heterocycles. The van der Waals surface area contributed by atoms with Crippen LogP contribution in [0.2, 0.25) is 0 Å². The zero-order valence-electron chi connectivity index (χ0n) is 11.7. The van der Waals surface area contributed by atoms with Gasteiger partial charge in [0.05, 0.1) is 13.2 Å². The summed E-state index contributed by atoms with van der Waals surface area (Å²) in [7, 11) is 1.65. The summed E-state index contributed by atoms with van der Waals surface area (Å²) in [6.07, 6.45) is 0.905. The molecule has 0 spiro atoms. The molecule has 3 nitrogen and oxygen atoms in total. The van der Waals surface area contributed by atoms with Gasteiger partial charge in [-0.2, -0.15) is 0 Å². The normalized spacial score (nSPS) is 17.4. The van der Waals surface area contributed by atoms with Crippen LogP contribution in [0.4, 0.5) is 0 Å². The first-order valence-electron chi connectivity index (χ1n) is 6.80. The molecule has 0 bridgehead atoms. The second-order valence-corrected chi connectivity index (χ2v) is 6.21. The van der Waals surface area contributed by atoms with Crippen molar-refractivity contribution in [2.75, 3.05) is 19.5 Å². The number of halogens is 1. The third kappa shape index (κ3) is 2.65. The number of carbonyl (C=O) groups is 1. The van der Waals surface area contributed by atoms with Crippen molar-refractivity contribution in [3.63, 3.8) is 0 Å². The van der Waals surface area contributed by atoms with E-state index in [9.17, 15) is 4.79 Å². The lowest BCUT2D eigenvalue weighted by Gasteiger charge is -2.36. The highest BCUT2D eigenvalue weighted by atomic mass is 35.5. The average Bonchev–Trinajstić information content (AvgIpc) is 3.02. The van der Waals surface area contributed by atoms with Gasteiger partial charge in [-0.05, 0) is 41.1 Å². The molecule has 1 amide bonds. The van der Waals surface area contributed by atoms with Gasteiger partial charge in [-0.1, -0.05) is 12.1 Å². The number of ether oxygens (including phenoxy) is 1. The van der Waals surface area contributed by atoms with E-state index >= 15 is 0 Å². The number of alkyl halides is 1. The summed E-state index contributed by atoms with van der Waals surface area (Å²) in [5.74, 6) is 0.816. The van der Waals surface area contributed by atoms with Crippen LogP contribution in [0.5, 0.6) is 5.75 Å². The zero-order valence-corrected chi connectivity index (χ0v) is 13.3. The van der Waals surface area contributed by atoms with Crippen LogP contribution in [0.15, 0.2) is 35.7 Å². The van der Waals surface area contributed by atoms with Crippen LogP contribution in [0.25, 0.3) is 0 Å². The highest BCUT2D eigenvalue weighted by Gasteiger charge is 2.32. The molecule has 1 aliphatic rings. The van der Waals surface area contributed by atoms with Crippen LogP contribution < -0.4 is 4.74 Å². The molecule has 0 radical (unpaired) electrons. The first-order chi connectivity index (χ1) is 10.2. The first-order valence-corrected chi connectivity index (χ1v) is 8.21. The van der Waals surface area contributed by atoms with Gasteiger partial charge in [-0.25, -0.2) is 0 Å². The van der Waals surface area contributed by atoms with E-state index in [1.807, 2.05) is 29.2 Å². The number of benzene rings is 1. The Bertz CT molecular complexity index is 638. The molecule has 0 saturated carbocycles. The van der Waals surface area contributed by atoms with Gasteiger partial charge >= 0.3 is 0 Å². The number of methoxy groups -OCH3 is 1. The quantitative estimate of drug-likeness (QED) is 0.810. The Morgan fingerprint density at radius 2 is 2.14 bits per heavy atom. The fraction of sp³-hybridized carbons (Fsp3) is 0.312. The van der Waals surface area contributed by atoms with Crippen molar-refractivity contribution in [1.29, 1.82) is 0 Å². The van der Waals surface area contributed by atoms with Crippen LogP contribution in [0.3, 0.4) is 0 Å². The van der Waals surface area contributed by atoms with E-state index in [-0.39, 0.29) is 17.8 Å². The number of fused-ring (bicyclic) bond motifs is 1. The predicted molar refractivity (Wildman–Crippen MR) is 85.3 cm³/mol. The van der Waals surface area contributed by atoms with Crippen LogP contribution >= 0.6 is 22.9 Å². The number of rotatable bonds is 3. The monoisotopic (exact) mass is 321 g/mol. The molecule has 0 fully saturated rings. The van der Waals surface area contributed by atoms with Gasteiger partial charge in [-0.3, -0.25) is 4.79 Å². The SMILES string of the molecule is COc1ccc(C2c3ccsc3CCN2C(=O)CCl)cc1. The minimum absolute atomic E-state index is 0.0191. The lowest BCUT2D eigenvalue weighted by molar-refractivity contribution is -0.130. The van der Waals surface area contributed by atoms with Crippen LogP contribution in [-0.4, -0.2) is 30.3 Å². The van der Waals surface area contributed by atoms with Gasteiger partial charge in [0.1, 0.15) is 11.6 Å². The molecule has 0 N–H and O–H groups in total. The Morgan fingerprint density at radius 1 is 1.38 bits per heavy atom. The van der Waals surface area contributed by atoms with Gasteiger partial charge in [0, 0.05) is 11.4 Å². The Labute approximate surface area is 133 Å². The van der Waals surface area contributed by atoms with E-state index in [4.69, 9.17) is 16.3 Å². The fourth-order valence-corrected chi connectivity index (χ4v) is 3.86. The van der Waals surface area contributed by atoms with Crippen molar-refractivity contribution in [2.24, 2.45) is 0 Å². The molecule has 1 aliphatic heterocycles. The van der Waals surface area contributed by atoms with Gasteiger partial charge in [0.25, 0.3) is 0 Å². The van der Waals surface area contributed by atoms with Crippen LogP contribution in [0, 0.1) is 0 Å². The fourth-order valence-electron chi connectivity index (χ4n) is 2.81. The molecular formula is C16H16ClNO2S. The van der Waals surface area contributed by atoms with E-state index in [1.54, 1.807) is 18.4 Å². The number of amides is 1. The lowest BCUT2D eigenvalue weighted by Crippen LogP contribution is -2.40. The number of carbonyl (C=O) groups excluding carboxylic acids is 1. The molecule has 1 aromatic carbocycles. The minimum Gasteiger partial charge on any atom is -0.497 e. The van der Waals surface area contributed by atoms with Crippen molar-refractivity contribution in [3.8, 4) is 5.75 Å². The number of hydrogen-bond donors (Lipinski definition) is 0. The third-order valence-corrected chi connectivity index (χ3v) is 5.06. The summed E-state index contributed by atoms with van der Waals surface area (Å²) in [6.45, 7) is 0.718. The summed E-state index contributed by atoms with van der Waals surface area (Å²) < 4.78 is 5.21. The van der Waals surface area contributed by atoms with Crippen molar-refractivity contribution in [2.45, 2.75) is 12.5 Å². The summed E-state index contributed by atoms with van der Waals surface area (Å²) in [4.78, 5) is 15.4. The largest absolute Gasteiger partial charge is 0.497 e. The summed E-state index contributed by atoms with van der Waals surface area (Å²) >= 11 is 7.54. The zero-order chi connectivity index (χ0) is 14.8. The molecule has 1 unspecified atom stereocenters. The summed E-state index contributed by atoms with van der Waals surface area (Å²) in [5, 5.41) is 2.09. The highest BCUT2D eigenvalue weighted by Crippen LogP contribution is 2.38. The number of hydrogen-bond acceptors (Lipinski definition) is 3. The van der Waals surface area contributed by atoms with Gasteiger partial charge in [0.15, 0.2) is 0 Å². The topological polar surface area (TPSA) is 29.5 Å². The molecule has 5 heteroatoms. The molecule has 3 rings (SSSR count). The van der Waals surface area contributed by atoms with Crippen molar-refractivity contribution in [1.82, 2.24) is 4.90 Å². The average molecular weight is 322 g/mol. The predicted octanol–water partition coefficient (Wildman–Crippen LogP) is 3.47. The van der Waals surface area contributed by atoms with Gasteiger partial charge < -0.3 is 9.64 Å². The highest BCUT2D eigenvalue weighted by molar-refractivity contribution is 7.10. The van der Waals surface area contributed by atoms with E-state index in [2.05, 4.69) is 11.4 Å². The maximum atomic E-state index is 12.2. The van der Waals surface area contributed by atoms with Crippen molar-refractivity contribution >= 4 is 28.8 Å². The molecule has 21 heavy (non-hydrogen) atoms. The summed E-state index contributed by atoms with van der Waals surface area (Å²) in [6, 6.07) is 9.97. The maximum absolute atomic E-state index is 12.2. The van der Waals surface area contributed by atoms with E-state index in [1.165, 1.54) is 10.4 Å². The molecule has 110 valence electrons. The second kappa shape index (κ2) is 6.08. The Balaban J connectivity index is 2.03. The Hall–Kier alpha value is -1.52. The smallest absolute Gasteiger partial charge is 0.238 e. The van der Waals surface area contributed by atoms with Crippen molar-refractivity contribution < 1.29 is 9.53 Å². The molecule has 0 aliphatic carbocycles. The summed E-state index contributed by atoms with van der Waals surface area (Å²) in [5.41, 5.74) is 2.31. The van der Waals surface area contributed by atoms with E-state index < -0.39 is 0 Å². The maximum Gasteiger partial charge on any atom is 0.238 e. The van der Waals surface area contributed by atoms with Crippen LogP contribution in [0.1, 0.15) is 22.0 Å². The number of nitrogens with zero attached hydrogens (tertiary/aromatic N) is 1. The van der Waals surface area contributed by atoms with Gasteiger partial charge in [0.2, 0.25) is 5.91 Å². The van der Waals surface area contributed by atoms with Gasteiger partial charge in [-0.15, -0.1) is 22.9 Å². The van der Waals surface area contributed by atoms with Crippen molar-refractivity contribution in [3.05, 3.63) is 51.7 Å².